The number of nitrogens with zero attached hydrogens (tertiary/aromatic N) is 2. The maximum absolute atomic E-state index is 12.7. The molecule has 2 aromatic heterocycles. The van der Waals surface area contributed by atoms with Crippen LogP contribution in [-0.4, -0.2) is 39.4 Å². The van der Waals surface area contributed by atoms with Crippen molar-refractivity contribution < 1.29 is 33.4 Å². The molecule has 0 spiro atoms. The van der Waals surface area contributed by atoms with Crippen LogP contribution >= 0.6 is 0 Å². The summed E-state index contributed by atoms with van der Waals surface area (Å²) in [7, 11) is 0. The number of aromatic carboxylic acids is 1. The van der Waals surface area contributed by atoms with Gasteiger partial charge in [-0.3, -0.25) is 0 Å². The van der Waals surface area contributed by atoms with Crippen LogP contribution in [0.15, 0.2) is 35.1 Å². The Morgan fingerprint density at radius 1 is 0.966 bits per heavy atom. The molecule has 0 aliphatic carbocycles. The van der Waals surface area contributed by atoms with Crippen LogP contribution in [0.4, 0.5) is 15.4 Å². The number of carbonyl (C=O) groups is 3. The molecule has 0 saturated heterocycles. The molecule has 0 bridgehead atoms. The van der Waals surface area contributed by atoms with Gasteiger partial charge in [0, 0.05) is 11.1 Å². The van der Waals surface area contributed by atoms with Gasteiger partial charge in [-0.2, -0.15) is 4.90 Å². The summed E-state index contributed by atoms with van der Waals surface area (Å²) in [4.78, 5) is 41.7. The summed E-state index contributed by atoms with van der Waals surface area (Å²) in [5.41, 5.74) is -1.40. The Bertz CT molecular complexity index is 878. The second-order valence-corrected chi connectivity index (χ2v) is 8.18. The number of carbonyl (C=O) groups excluding carboxylic acids is 2. The molecule has 9 heteroatoms. The first-order valence-electron chi connectivity index (χ1n) is 8.81. The van der Waals surface area contributed by atoms with Crippen molar-refractivity contribution in [2.24, 2.45) is 0 Å². The van der Waals surface area contributed by atoms with Crippen molar-refractivity contribution in [3.8, 4) is 11.1 Å². The molecule has 0 aliphatic rings. The molecule has 0 aromatic carbocycles. The fourth-order valence-electron chi connectivity index (χ4n) is 2.26. The van der Waals surface area contributed by atoms with E-state index in [9.17, 15) is 19.5 Å². The molecule has 0 radical (unpaired) electrons. The summed E-state index contributed by atoms with van der Waals surface area (Å²) in [5.74, 6) is -1.57. The van der Waals surface area contributed by atoms with Crippen LogP contribution in [-0.2, 0) is 9.47 Å². The van der Waals surface area contributed by atoms with Gasteiger partial charge in [-0.15, -0.1) is 0 Å². The minimum absolute atomic E-state index is 0.238. The number of hydrogen-bond acceptors (Lipinski definition) is 7. The summed E-state index contributed by atoms with van der Waals surface area (Å²) in [6.07, 6.45) is 0.684. The zero-order valence-electron chi connectivity index (χ0n) is 17.2. The van der Waals surface area contributed by atoms with E-state index in [0.717, 1.165) is 0 Å². The largest absolute Gasteiger partial charge is 0.476 e. The molecule has 2 amide bonds. The lowest BCUT2D eigenvalue weighted by molar-refractivity contribution is 0.0427. The first-order valence-corrected chi connectivity index (χ1v) is 8.81. The lowest BCUT2D eigenvalue weighted by atomic mass is 10.1. The number of amides is 2. The van der Waals surface area contributed by atoms with E-state index in [1.165, 1.54) is 24.7 Å². The Hall–Kier alpha value is -3.36. The highest BCUT2D eigenvalue weighted by molar-refractivity contribution is 6.09. The third kappa shape index (κ3) is 5.81. The van der Waals surface area contributed by atoms with Gasteiger partial charge < -0.3 is 19.0 Å². The third-order valence-electron chi connectivity index (χ3n) is 3.30. The number of furan rings is 1. The zero-order valence-corrected chi connectivity index (χ0v) is 17.2. The molecule has 0 saturated carbocycles. The zero-order chi connectivity index (χ0) is 22.0. The predicted octanol–water partition coefficient (Wildman–Crippen LogP) is 4.72. The van der Waals surface area contributed by atoms with Gasteiger partial charge >= 0.3 is 18.2 Å². The van der Waals surface area contributed by atoms with Gasteiger partial charge in [-0.1, -0.05) is 0 Å². The van der Waals surface area contributed by atoms with E-state index in [1.807, 2.05) is 0 Å². The molecule has 0 aliphatic heterocycles. The molecule has 0 fully saturated rings. The van der Waals surface area contributed by atoms with E-state index in [4.69, 9.17) is 13.9 Å². The fraction of sp³-hybridized carbons (Fsp3) is 0.400. The van der Waals surface area contributed by atoms with Crippen LogP contribution in [0.1, 0.15) is 52.0 Å². The molecular weight excluding hydrogens is 380 g/mol. The summed E-state index contributed by atoms with van der Waals surface area (Å²) >= 11 is 0. The molecule has 2 heterocycles. The lowest BCUT2D eigenvalue weighted by Gasteiger charge is -2.28. The topological polar surface area (TPSA) is 119 Å². The van der Waals surface area contributed by atoms with Crippen molar-refractivity contribution >= 4 is 24.0 Å². The van der Waals surface area contributed by atoms with Gasteiger partial charge in [0.2, 0.25) is 0 Å². The van der Waals surface area contributed by atoms with Crippen LogP contribution in [0.3, 0.4) is 0 Å². The van der Waals surface area contributed by atoms with Crippen molar-refractivity contribution in [2.75, 3.05) is 4.90 Å². The number of pyridine rings is 1. The Kier molecular flexibility index (Phi) is 6.01. The Labute approximate surface area is 168 Å². The number of anilines is 1. The summed E-state index contributed by atoms with van der Waals surface area (Å²) < 4.78 is 15.5. The number of imide groups is 1. The van der Waals surface area contributed by atoms with Gasteiger partial charge in [0.25, 0.3) is 0 Å². The fourth-order valence-corrected chi connectivity index (χ4v) is 2.26. The first kappa shape index (κ1) is 21.9. The maximum atomic E-state index is 12.7. The minimum atomic E-state index is -1.34. The van der Waals surface area contributed by atoms with E-state index in [0.29, 0.717) is 10.5 Å². The van der Waals surface area contributed by atoms with Crippen molar-refractivity contribution in [2.45, 2.75) is 52.7 Å². The number of carboxylic acids is 1. The Morgan fingerprint density at radius 2 is 1.52 bits per heavy atom. The van der Waals surface area contributed by atoms with Gasteiger partial charge in [0.1, 0.15) is 17.0 Å². The molecular formula is C20H24N2O7. The molecule has 156 valence electrons. The van der Waals surface area contributed by atoms with E-state index < -0.39 is 29.4 Å². The number of hydrogen-bond donors (Lipinski definition) is 1. The molecule has 9 nitrogen and oxygen atoms in total. The maximum Gasteiger partial charge on any atom is 0.425 e. The van der Waals surface area contributed by atoms with Crippen molar-refractivity contribution in [3.05, 3.63) is 36.4 Å². The minimum Gasteiger partial charge on any atom is -0.476 e. The quantitative estimate of drug-likeness (QED) is 0.780. The lowest BCUT2D eigenvalue weighted by Crippen LogP contribution is -2.44. The van der Waals surface area contributed by atoms with Crippen molar-refractivity contribution in [1.29, 1.82) is 0 Å². The number of rotatable bonds is 3. The SMILES string of the molecule is CC(C)(C)OC(=O)N(C(=O)OC(C)(C)C)c1ccc(-c2ccoc2)c(C(=O)O)n1. The summed E-state index contributed by atoms with van der Waals surface area (Å²) in [6.45, 7) is 9.81. The molecule has 0 unspecified atom stereocenters. The summed E-state index contributed by atoms with van der Waals surface area (Å²) in [5, 5.41) is 9.58. The monoisotopic (exact) mass is 404 g/mol. The van der Waals surface area contributed by atoms with Crippen molar-refractivity contribution in [1.82, 2.24) is 4.98 Å². The van der Waals surface area contributed by atoms with E-state index in [1.54, 1.807) is 47.6 Å². The van der Waals surface area contributed by atoms with E-state index in [2.05, 4.69) is 4.98 Å². The Morgan fingerprint density at radius 3 is 1.93 bits per heavy atom. The van der Waals surface area contributed by atoms with E-state index >= 15 is 0 Å². The Balaban J connectivity index is 2.54. The predicted molar refractivity (Wildman–Crippen MR) is 104 cm³/mol. The molecule has 29 heavy (non-hydrogen) atoms. The highest BCUT2D eigenvalue weighted by Gasteiger charge is 2.34. The van der Waals surface area contributed by atoms with Crippen LogP contribution in [0, 0.1) is 0 Å². The van der Waals surface area contributed by atoms with Crippen LogP contribution < -0.4 is 4.90 Å². The second-order valence-electron chi connectivity index (χ2n) is 8.18. The van der Waals surface area contributed by atoms with Crippen LogP contribution in [0.25, 0.3) is 11.1 Å². The van der Waals surface area contributed by atoms with Crippen LogP contribution in [0.2, 0.25) is 0 Å². The molecule has 1 N–H and O–H groups in total. The van der Waals surface area contributed by atoms with Gasteiger partial charge in [0.15, 0.2) is 5.69 Å². The molecule has 2 rings (SSSR count). The first-order chi connectivity index (χ1) is 13.3. The number of ether oxygens (including phenoxy) is 2. The second kappa shape index (κ2) is 7.94. The van der Waals surface area contributed by atoms with E-state index in [-0.39, 0.29) is 17.1 Å². The summed E-state index contributed by atoms with van der Waals surface area (Å²) in [6, 6.07) is 4.34. The smallest absolute Gasteiger partial charge is 0.425 e. The average molecular weight is 404 g/mol. The van der Waals surface area contributed by atoms with Gasteiger partial charge in [-0.05, 0) is 59.7 Å². The highest BCUT2D eigenvalue weighted by atomic mass is 16.6. The average Bonchev–Trinajstić information content (AvgIpc) is 3.05. The van der Waals surface area contributed by atoms with Crippen molar-refractivity contribution in [3.63, 3.8) is 0 Å². The molecule has 0 atom stereocenters. The molecule has 2 aromatic rings. The normalized spacial score (nSPS) is 11.7. The van der Waals surface area contributed by atoms with Gasteiger partial charge in [0.05, 0.1) is 12.5 Å². The highest BCUT2D eigenvalue weighted by Crippen LogP contribution is 2.27. The number of carboxylic acid groups (broad SMARTS) is 1. The van der Waals surface area contributed by atoms with Crippen LogP contribution in [0.5, 0.6) is 0 Å². The number of aromatic nitrogens is 1. The third-order valence-corrected chi connectivity index (χ3v) is 3.30. The standard InChI is InChI=1S/C20H24N2O7/c1-19(2,3)28-17(25)22(18(26)29-20(4,5)6)14-8-7-13(12-9-10-27-11-12)15(21-14)16(23)24/h7-11H,1-6H3,(H,23,24). The van der Waals surface area contributed by atoms with Gasteiger partial charge in [-0.25, -0.2) is 19.4 Å².